The predicted molar refractivity (Wildman–Crippen MR) is 298 cm³/mol. The maximum Gasteiger partial charge on any atom is 0.257 e. The minimum atomic E-state index is -0.130. The fourth-order valence-corrected chi connectivity index (χ4v) is 14.9. The van der Waals surface area contributed by atoms with E-state index in [4.69, 9.17) is 4.42 Å². The molecule has 70 heavy (non-hydrogen) atoms. The molecule has 0 amide bonds. The van der Waals surface area contributed by atoms with Crippen molar-refractivity contribution in [3.05, 3.63) is 147 Å². The number of rotatable bonds is 2. The van der Waals surface area contributed by atoms with Crippen LogP contribution in [-0.2, 0) is 37.9 Å². The maximum atomic E-state index is 7.66. The summed E-state index contributed by atoms with van der Waals surface area (Å²) < 4.78 is 7.66. The fourth-order valence-electron chi connectivity index (χ4n) is 14.9. The Hall–Kier alpha value is -5.48. The first-order valence-corrected chi connectivity index (χ1v) is 26.8. The number of nitrogens with zero attached hydrogens (tertiary/aromatic N) is 2. The number of hydrogen-bond acceptors (Lipinski definition) is 3. The highest BCUT2D eigenvalue weighted by molar-refractivity contribution is 7.01. The molecule has 0 atom stereocenters. The van der Waals surface area contributed by atoms with Gasteiger partial charge in [-0.15, -0.1) is 0 Å². The summed E-state index contributed by atoms with van der Waals surface area (Å²) >= 11 is 0. The minimum absolute atomic E-state index is 0.0262. The summed E-state index contributed by atoms with van der Waals surface area (Å²) in [6.45, 7) is 36.7. The van der Waals surface area contributed by atoms with Gasteiger partial charge in [-0.3, -0.25) is 4.90 Å². The molecule has 13 rings (SSSR count). The van der Waals surface area contributed by atoms with E-state index in [-0.39, 0.29) is 44.6 Å². The Kier molecular flexibility index (Phi) is 8.72. The van der Waals surface area contributed by atoms with E-state index in [9.17, 15) is 0 Å². The van der Waals surface area contributed by atoms with Crippen molar-refractivity contribution in [3.8, 4) is 11.1 Å². The lowest BCUT2D eigenvalue weighted by atomic mass is 9.33. The summed E-state index contributed by atoms with van der Waals surface area (Å²) in [4.78, 5) is 5.29. The first-order chi connectivity index (χ1) is 32.8. The Bertz CT molecular complexity index is 3460. The van der Waals surface area contributed by atoms with Gasteiger partial charge in [0.1, 0.15) is 5.58 Å². The molecular formula is C66H73BN2O. The van der Waals surface area contributed by atoms with Crippen LogP contribution in [0.4, 0.5) is 34.3 Å². The molecular weight excluding hydrogens is 848 g/mol. The average molecular weight is 921 g/mol. The number of hydrogen-bond donors (Lipinski definition) is 0. The summed E-state index contributed by atoms with van der Waals surface area (Å²) in [6, 6.07) is 39.2. The molecule has 0 radical (unpaired) electrons. The number of anilines is 6. The number of aryl methyl sites for hydroxylation is 1. The highest BCUT2D eigenvalue weighted by atomic mass is 16.4. The van der Waals surface area contributed by atoms with Gasteiger partial charge in [0.15, 0.2) is 0 Å². The Labute approximate surface area is 419 Å². The number of benzene rings is 6. The van der Waals surface area contributed by atoms with Crippen molar-refractivity contribution in [3.63, 3.8) is 0 Å². The third-order valence-electron chi connectivity index (χ3n) is 19.7. The van der Waals surface area contributed by atoms with Gasteiger partial charge >= 0.3 is 0 Å². The Balaban J connectivity index is 1.19. The Morgan fingerprint density at radius 1 is 0.429 bits per heavy atom. The molecule has 0 N–H and O–H groups in total. The molecule has 7 aromatic rings. The van der Waals surface area contributed by atoms with Crippen molar-refractivity contribution in [2.24, 2.45) is 0 Å². The highest BCUT2D eigenvalue weighted by Gasteiger charge is 2.51. The van der Waals surface area contributed by atoms with E-state index in [1.54, 1.807) is 0 Å². The quantitative estimate of drug-likeness (QED) is 0.161. The van der Waals surface area contributed by atoms with Gasteiger partial charge in [0.05, 0.1) is 5.69 Å². The van der Waals surface area contributed by atoms with Crippen LogP contribution in [-0.4, -0.2) is 6.71 Å². The fraction of sp³-hybridized carbons (Fsp3) is 0.424. The summed E-state index contributed by atoms with van der Waals surface area (Å²) in [7, 11) is 0. The zero-order valence-electron chi connectivity index (χ0n) is 44.9. The van der Waals surface area contributed by atoms with Crippen molar-refractivity contribution in [1.82, 2.24) is 0 Å². The second-order valence-corrected chi connectivity index (χ2v) is 27.4. The van der Waals surface area contributed by atoms with Crippen molar-refractivity contribution in [1.29, 1.82) is 0 Å². The molecule has 1 aromatic heterocycles. The van der Waals surface area contributed by atoms with Gasteiger partial charge in [-0.05, 0) is 193 Å². The van der Waals surface area contributed by atoms with Crippen LogP contribution in [0.5, 0.6) is 0 Å². The van der Waals surface area contributed by atoms with Gasteiger partial charge in [0.25, 0.3) is 6.71 Å². The van der Waals surface area contributed by atoms with Crippen LogP contribution in [0.15, 0.2) is 101 Å². The number of fused-ring (bicyclic) bond motifs is 12. The Morgan fingerprint density at radius 2 is 0.957 bits per heavy atom. The smallest absolute Gasteiger partial charge is 0.257 e. The maximum absolute atomic E-state index is 7.66. The topological polar surface area (TPSA) is 19.6 Å². The summed E-state index contributed by atoms with van der Waals surface area (Å²) in [5.41, 5.74) is 27.1. The van der Waals surface area contributed by atoms with Crippen LogP contribution < -0.4 is 26.2 Å². The molecule has 0 spiro atoms. The third-order valence-corrected chi connectivity index (χ3v) is 19.7. The molecule has 3 heterocycles. The molecule has 6 aliphatic rings. The van der Waals surface area contributed by atoms with Crippen LogP contribution in [0.1, 0.15) is 186 Å². The predicted octanol–water partition coefficient (Wildman–Crippen LogP) is 16.2. The van der Waals surface area contributed by atoms with Crippen LogP contribution in [0.3, 0.4) is 0 Å². The van der Waals surface area contributed by atoms with Crippen LogP contribution in [0.2, 0.25) is 0 Å². The molecule has 0 saturated carbocycles. The lowest BCUT2D eigenvalue weighted by Gasteiger charge is -2.47. The van der Waals surface area contributed by atoms with Crippen molar-refractivity contribution < 1.29 is 4.42 Å². The molecule has 4 heteroatoms. The van der Waals surface area contributed by atoms with E-state index in [1.807, 2.05) is 0 Å². The zero-order valence-corrected chi connectivity index (χ0v) is 44.9. The SMILES string of the molecule is Cc1cc2c3c(c1)N(c1ccc4c(c1)C(C)(C)CCC4(C)C)c1oc4cc5c(cc4c1B3c1cc3c(cc1N2c1cccc2c1-c1ccccc1C2(C)C)C(C)(C)CCC3(C)C)C(C)(C)CCC5(C)C. The van der Waals surface area contributed by atoms with E-state index in [0.29, 0.717) is 0 Å². The standard InChI is InChI=1S/C66H73BN2O/c1-38-31-53-58-54(32-38)69(51-22-18-21-44-56(51)40-19-16-17-20-42(40)66(44,14)15)52-36-48-47(63(8,9)28-29-64(48,10)11)35-50(52)67(58)57-41-34-46-49(65(12,13)30-27-62(46,6)7)37-55(41)70-59(57)68(53)39-23-24-43-45(33-39)61(4,5)26-25-60(43,2)3/h16-24,31-37H,25-30H2,1-15H3. The number of furan rings is 1. The van der Waals surface area contributed by atoms with Crippen molar-refractivity contribution in [2.45, 2.75) is 180 Å². The molecule has 0 bridgehead atoms. The van der Waals surface area contributed by atoms with Gasteiger partial charge in [-0.2, -0.15) is 0 Å². The lowest BCUT2D eigenvalue weighted by molar-refractivity contribution is 0.332. The third kappa shape index (κ3) is 5.83. The van der Waals surface area contributed by atoms with Crippen LogP contribution in [0.25, 0.3) is 22.1 Å². The molecule has 6 aromatic carbocycles. The lowest BCUT2D eigenvalue weighted by Crippen LogP contribution is -2.61. The van der Waals surface area contributed by atoms with E-state index in [2.05, 4.69) is 211 Å². The van der Waals surface area contributed by atoms with Gasteiger partial charge in [-0.1, -0.05) is 145 Å². The van der Waals surface area contributed by atoms with E-state index < -0.39 is 0 Å². The minimum Gasteiger partial charge on any atom is -0.440 e. The first-order valence-electron chi connectivity index (χ1n) is 26.8. The van der Waals surface area contributed by atoms with E-state index >= 15 is 0 Å². The van der Waals surface area contributed by atoms with Crippen LogP contribution >= 0.6 is 0 Å². The molecule has 4 aliphatic carbocycles. The zero-order chi connectivity index (χ0) is 49.2. The van der Waals surface area contributed by atoms with Gasteiger partial charge < -0.3 is 9.32 Å². The summed E-state index contributed by atoms with van der Waals surface area (Å²) in [6.07, 6.45) is 7.00. The van der Waals surface area contributed by atoms with Gasteiger partial charge in [0.2, 0.25) is 5.88 Å². The largest absolute Gasteiger partial charge is 0.440 e. The second kappa shape index (κ2) is 13.7. The second-order valence-electron chi connectivity index (χ2n) is 27.4. The van der Waals surface area contributed by atoms with Crippen molar-refractivity contribution >= 4 is 68.4 Å². The first kappa shape index (κ1) is 44.5. The molecule has 0 saturated heterocycles. The van der Waals surface area contributed by atoms with Crippen molar-refractivity contribution in [2.75, 3.05) is 9.80 Å². The van der Waals surface area contributed by atoms with E-state index in [1.165, 1.54) is 118 Å². The Morgan fingerprint density at radius 3 is 1.60 bits per heavy atom. The molecule has 356 valence electrons. The molecule has 2 aliphatic heterocycles. The summed E-state index contributed by atoms with van der Waals surface area (Å²) in [5.74, 6) is 0.975. The molecule has 3 nitrogen and oxygen atoms in total. The average Bonchev–Trinajstić information content (AvgIpc) is 3.79. The molecule has 0 fully saturated rings. The van der Waals surface area contributed by atoms with Crippen LogP contribution in [0, 0.1) is 6.92 Å². The van der Waals surface area contributed by atoms with Gasteiger partial charge in [0, 0.05) is 44.6 Å². The monoisotopic (exact) mass is 921 g/mol. The van der Waals surface area contributed by atoms with E-state index in [0.717, 1.165) is 43.6 Å². The molecule has 0 unspecified atom stereocenters. The highest BCUT2D eigenvalue weighted by Crippen LogP contribution is 2.58. The van der Waals surface area contributed by atoms with Gasteiger partial charge in [-0.25, -0.2) is 0 Å². The normalized spacial score (nSPS) is 21.4. The summed E-state index contributed by atoms with van der Waals surface area (Å²) in [5, 5.41) is 1.26.